The Hall–Kier alpha value is -2.48. The standard InChI is InChI=1S/C11H6FN3O/c12-8-3-1-2-4-10(8)16-11-9(7-13)14-5-6-15-11/h1-6H. The summed E-state index contributed by atoms with van der Waals surface area (Å²) in [5.74, 6) is -0.508. The molecule has 1 aromatic heterocycles. The molecule has 0 unspecified atom stereocenters. The van der Waals surface area contributed by atoms with Crippen LogP contribution in [0.1, 0.15) is 5.69 Å². The second-order valence-corrected chi connectivity index (χ2v) is 2.85. The van der Waals surface area contributed by atoms with Crippen LogP contribution in [0, 0.1) is 17.1 Å². The molecule has 2 aromatic rings. The first-order valence-electron chi connectivity index (χ1n) is 4.45. The Balaban J connectivity index is 2.35. The van der Waals surface area contributed by atoms with E-state index in [1.165, 1.54) is 24.5 Å². The van der Waals surface area contributed by atoms with Gasteiger partial charge in [0.2, 0.25) is 5.69 Å². The third-order valence-corrected chi connectivity index (χ3v) is 1.81. The van der Waals surface area contributed by atoms with Gasteiger partial charge in [-0.2, -0.15) is 5.26 Å². The summed E-state index contributed by atoms with van der Waals surface area (Å²) in [6.07, 6.45) is 2.74. The highest BCUT2D eigenvalue weighted by Crippen LogP contribution is 2.23. The van der Waals surface area contributed by atoms with E-state index in [9.17, 15) is 4.39 Å². The van der Waals surface area contributed by atoms with Crippen LogP contribution >= 0.6 is 0 Å². The molecule has 0 radical (unpaired) electrons. The van der Waals surface area contributed by atoms with Gasteiger partial charge in [0.05, 0.1) is 0 Å². The lowest BCUT2D eigenvalue weighted by Gasteiger charge is -2.05. The first-order chi connectivity index (χ1) is 7.81. The number of rotatable bonds is 2. The molecule has 0 bridgehead atoms. The zero-order chi connectivity index (χ0) is 11.4. The Bertz CT molecular complexity index is 551. The zero-order valence-electron chi connectivity index (χ0n) is 8.09. The summed E-state index contributed by atoms with van der Waals surface area (Å²) < 4.78 is 18.4. The van der Waals surface area contributed by atoms with Crippen molar-refractivity contribution in [2.24, 2.45) is 0 Å². The third kappa shape index (κ3) is 1.96. The maximum absolute atomic E-state index is 13.3. The molecule has 1 heterocycles. The van der Waals surface area contributed by atoms with E-state index in [0.29, 0.717) is 0 Å². The number of nitrogens with zero attached hydrogens (tertiary/aromatic N) is 3. The maximum Gasteiger partial charge on any atom is 0.256 e. The third-order valence-electron chi connectivity index (χ3n) is 1.81. The lowest BCUT2D eigenvalue weighted by molar-refractivity contribution is 0.424. The molecule has 0 saturated carbocycles. The number of halogens is 1. The van der Waals surface area contributed by atoms with E-state index in [0.717, 1.165) is 0 Å². The Kier molecular flexibility index (Phi) is 2.74. The molecule has 2 rings (SSSR count). The smallest absolute Gasteiger partial charge is 0.256 e. The summed E-state index contributed by atoms with van der Waals surface area (Å²) in [7, 11) is 0. The van der Waals surface area contributed by atoms with E-state index in [4.69, 9.17) is 10.00 Å². The summed E-state index contributed by atoms with van der Waals surface area (Å²) in [6.45, 7) is 0. The largest absolute Gasteiger partial charge is 0.433 e. The minimum Gasteiger partial charge on any atom is -0.433 e. The van der Waals surface area contributed by atoms with Crippen molar-refractivity contribution in [3.63, 3.8) is 0 Å². The minimum atomic E-state index is -0.517. The van der Waals surface area contributed by atoms with Crippen LogP contribution in [0.4, 0.5) is 4.39 Å². The van der Waals surface area contributed by atoms with Crippen molar-refractivity contribution in [2.45, 2.75) is 0 Å². The number of hydrogen-bond donors (Lipinski definition) is 0. The van der Waals surface area contributed by atoms with E-state index in [2.05, 4.69) is 9.97 Å². The predicted octanol–water partition coefficient (Wildman–Crippen LogP) is 2.28. The molecule has 0 fully saturated rings. The quantitative estimate of drug-likeness (QED) is 0.771. The lowest BCUT2D eigenvalue weighted by Crippen LogP contribution is -1.95. The van der Waals surface area contributed by atoms with Gasteiger partial charge < -0.3 is 4.74 Å². The Morgan fingerprint density at radius 1 is 1.19 bits per heavy atom. The van der Waals surface area contributed by atoms with Crippen LogP contribution in [0.2, 0.25) is 0 Å². The zero-order valence-corrected chi connectivity index (χ0v) is 8.09. The maximum atomic E-state index is 13.3. The van der Waals surface area contributed by atoms with Crippen molar-refractivity contribution >= 4 is 0 Å². The summed E-state index contributed by atoms with van der Waals surface area (Å²) in [5.41, 5.74) is 0.0192. The Labute approximate surface area is 91.0 Å². The van der Waals surface area contributed by atoms with Crippen molar-refractivity contribution in [3.8, 4) is 17.7 Å². The predicted molar refractivity (Wildman–Crippen MR) is 53.2 cm³/mol. The molecule has 0 atom stereocenters. The molecule has 0 spiro atoms. The van der Waals surface area contributed by atoms with Crippen molar-refractivity contribution in [3.05, 3.63) is 48.2 Å². The van der Waals surface area contributed by atoms with Gasteiger partial charge >= 0.3 is 0 Å². The molecule has 0 aliphatic carbocycles. The van der Waals surface area contributed by atoms with E-state index in [1.54, 1.807) is 12.1 Å². The average molecular weight is 215 g/mol. The minimum absolute atomic E-state index is 0.00454. The second-order valence-electron chi connectivity index (χ2n) is 2.85. The molecule has 0 amide bonds. The fraction of sp³-hybridized carbons (Fsp3) is 0. The summed E-state index contributed by atoms with van der Waals surface area (Å²) in [6, 6.07) is 7.70. The average Bonchev–Trinajstić information content (AvgIpc) is 2.33. The van der Waals surface area contributed by atoms with Gasteiger partial charge in [0, 0.05) is 12.4 Å². The fourth-order valence-corrected chi connectivity index (χ4v) is 1.11. The number of hydrogen-bond acceptors (Lipinski definition) is 4. The molecule has 0 aliphatic heterocycles. The molecule has 5 heteroatoms. The van der Waals surface area contributed by atoms with Crippen LogP contribution in [-0.2, 0) is 0 Å². The highest BCUT2D eigenvalue weighted by molar-refractivity contribution is 5.35. The molecule has 0 aliphatic rings. The first-order valence-corrected chi connectivity index (χ1v) is 4.45. The summed E-state index contributed by atoms with van der Waals surface area (Å²) in [4.78, 5) is 7.56. The molecule has 1 aromatic carbocycles. The van der Waals surface area contributed by atoms with Crippen molar-refractivity contribution in [1.29, 1.82) is 5.26 Å². The Morgan fingerprint density at radius 3 is 2.69 bits per heavy atom. The van der Waals surface area contributed by atoms with Gasteiger partial charge in [-0.25, -0.2) is 14.4 Å². The molecule has 16 heavy (non-hydrogen) atoms. The van der Waals surface area contributed by atoms with E-state index >= 15 is 0 Å². The van der Waals surface area contributed by atoms with Crippen LogP contribution in [0.5, 0.6) is 11.6 Å². The van der Waals surface area contributed by atoms with Crippen LogP contribution in [-0.4, -0.2) is 9.97 Å². The van der Waals surface area contributed by atoms with Crippen LogP contribution in [0.25, 0.3) is 0 Å². The fourth-order valence-electron chi connectivity index (χ4n) is 1.11. The molecular weight excluding hydrogens is 209 g/mol. The van der Waals surface area contributed by atoms with Crippen molar-refractivity contribution in [2.75, 3.05) is 0 Å². The first kappa shape index (κ1) is 10.1. The number of aromatic nitrogens is 2. The number of nitriles is 1. The van der Waals surface area contributed by atoms with Gasteiger partial charge in [0.15, 0.2) is 11.6 Å². The monoisotopic (exact) mass is 215 g/mol. The van der Waals surface area contributed by atoms with Gasteiger partial charge in [-0.3, -0.25) is 0 Å². The second kappa shape index (κ2) is 4.36. The molecular formula is C11H6FN3O. The van der Waals surface area contributed by atoms with E-state index in [1.807, 2.05) is 6.07 Å². The normalized spacial score (nSPS) is 9.50. The lowest BCUT2D eigenvalue weighted by atomic mass is 10.3. The molecule has 0 N–H and O–H groups in total. The van der Waals surface area contributed by atoms with Gasteiger partial charge in [-0.05, 0) is 12.1 Å². The van der Waals surface area contributed by atoms with Crippen LogP contribution < -0.4 is 4.74 Å². The molecule has 78 valence electrons. The van der Waals surface area contributed by atoms with Gasteiger partial charge in [-0.1, -0.05) is 12.1 Å². The number of benzene rings is 1. The summed E-state index contributed by atoms with van der Waals surface area (Å²) in [5, 5.41) is 8.74. The van der Waals surface area contributed by atoms with E-state index < -0.39 is 5.82 Å². The van der Waals surface area contributed by atoms with Crippen molar-refractivity contribution in [1.82, 2.24) is 9.97 Å². The van der Waals surface area contributed by atoms with Gasteiger partial charge in [0.1, 0.15) is 6.07 Å². The van der Waals surface area contributed by atoms with Gasteiger partial charge in [-0.15, -0.1) is 0 Å². The van der Waals surface area contributed by atoms with E-state index in [-0.39, 0.29) is 17.3 Å². The van der Waals surface area contributed by atoms with Crippen LogP contribution in [0.3, 0.4) is 0 Å². The highest BCUT2D eigenvalue weighted by Gasteiger charge is 2.09. The molecule has 0 saturated heterocycles. The SMILES string of the molecule is N#Cc1nccnc1Oc1ccccc1F. The summed E-state index contributed by atoms with van der Waals surface area (Å²) >= 11 is 0. The number of para-hydroxylation sites is 1. The topological polar surface area (TPSA) is 58.8 Å². The van der Waals surface area contributed by atoms with Crippen LogP contribution in [0.15, 0.2) is 36.7 Å². The Morgan fingerprint density at radius 2 is 1.94 bits per heavy atom. The van der Waals surface area contributed by atoms with Gasteiger partial charge in [0.25, 0.3) is 5.88 Å². The molecule has 4 nitrogen and oxygen atoms in total. The highest BCUT2D eigenvalue weighted by atomic mass is 19.1. The number of ether oxygens (including phenoxy) is 1. The van der Waals surface area contributed by atoms with Crippen molar-refractivity contribution < 1.29 is 9.13 Å².